The molecule has 1 heterocycles. The summed E-state index contributed by atoms with van der Waals surface area (Å²) >= 11 is 6.16. The van der Waals surface area contributed by atoms with E-state index in [4.69, 9.17) is 16.9 Å². The predicted octanol–water partition coefficient (Wildman–Crippen LogP) is 2.15. The molecule has 1 amide bonds. The van der Waals surface area contributed by atoms with Gasteiger partial charge in [-0.25, -0.2) is 4.79 Å². The molecule has 0 spiro atoms. The molecule has 100 valence electrons. The molecule has 1 saturated heterocycles. The molecule has 1 atom stereocenters. The van der Waals surface area contributed by atoms with E-state index in [-0.39, 0.29) is 6.04 Å². The van der Waals surface area contributed by atoms with E-state index >= 15 is 0 Å². The highest BCUT2D eigenvalue weighted by molar-refractivity contribution is 6.33. The number of ether oxygens (including phenoxy) is 1. The van der Waals surface area contributed by atoms with E-state index in [2.05, 4.69) is 21.0 Å². The van der Waals surface area contributed by atoms with Crippen LogP contribution in [0.25, 0.3) is 0 Å². The number of nitrogens with one attached hydrogen (secondary N) is 1. The number of methoxy groups -OCH3 is 1. The molecule has 19 heavy (non-hydrogen) atoms. The smallest absolute Gasteiger partial charge is 0.407 e. The van der Waals surface area contributed by atoms with Gasteiger partial charge in [-0.2, -0.15) is 5.26 Å². The van der Waals surface area contributed by atoms with Crippen molar-refractivity contribution in [1.29, 1.82) is 5.26 Å². The van der Waals surface area contributed by atoms with E-state index in [9.17, 15) is 4.79 Å². The summed E-state index contributed by atoms with van der Waals surface area (Å²) in [5, 5.41) is 12.1. The number of hydrogen-bond donors (Lipinski definition) is 1. The maximum absolute atomic E-state index is 11.1. The Morgan fingerprint density at radius 1 is 1.63 bits per heavy atom. The molecule has 1 unspecified atom stereocenters. The second-order valence-electron chi connectivity index (χ2n) is 4.35. The molecular weight excluding hydrogens is 266 g/mol. The summed E-state index contributed by atoms with van der Waals surface area (Å²) in [6.07, 6.45) is 0.420. The first kappa shape index (κ1) is 13.5. The van der Waals surface area contributed by atoms with Gasteiger partial charge in [0.05, 0.1) is 35.5 Å². The van der Waals surface area contributed by atoms with Crippen molar-refractivity contribution in [2.75, 3.05) is 25.1 Å². The molecule has 0 bridgehead atoms. The van der Waals surface area contributed by atoms with Gasteiger partial charge < -0.3 is 15.0 Å². The van der Waals surface area contributed by atoms with Crippen LogP contribution in [0.1, 0.15) is 12.0 Å². The average Bonchev–Trinajstić information content (AvgIpc) is 2.86. The molecule has 1 aromatic carbocycles. The van der Waals surface area contributed by atoms with Crippen LogP contribution < -0.4 is 10.2 Å². The minimum absolute atomic E-state index is 0.0548. The standard InChI is InChI=1S/C13H14ClN3O2/c1-19-13(18)16-10-4-5-17(8-10)12-3-2-9(7-15)6-11(12)14/h2-3,6,10H,4-5,8H2,1H3,(H,16,18). The molecule has 6 heteroatoms. The van der Waals surface area contributed by atoms with Crippen LogP contribution in [0.2, 0.25) is 5.02 Å². The highest BCUT2D eigenvalue weighted by atomic mass is 35.5. The molecule has 0 aliphatic carbocycles. The van der Waals surface area contributed by atoms with Gasteiger partial charge >= 0.3 is 6.09 Å². The first-order valence-electron chi connectivity index (χ1n) is 5.93. The number of anilines is 1. The third-order valence-electron chi connectivity index (χ3n) is 3.11. The summed E-state index contributed by atoms with van der Waals surface area (Å²) in [6.45, 7) is 1.49. The number of halogens is 1. The molecule has 1 fully saturated rings. The largest absolute Gasteiger partial charge is 0.453 e. The maximum atomic E-state index is 11.1. The van der Waals surface area contributed by atoms with E-state index in [1.54, 1.807) is 12.1 Å². The summed E-state index contributed by atoms with van der Waals surface area (Å²) in [5.41, 5.74) is 1.42. The number of rotatable bonds is 2. The van der Waals surface area contributed by atoms with Crippen LogP contribution >= 0.6 is 11.6 Å². The van der Waals surface area contributed by atoms with Crippen LogP contribution in [0.15, 0.2) is 18.2 Å². The summed E-state index contributed by atoms with van der Waals surface area (Å²) in [5.74, 6) is 0. The molecule has 1 aliphatic rings. The van der Waals surface area contributed by atoms with Crippen molar-refractivity contribution in [3.05, 3.63) is 28.8 Å². The Kier molecular flexibility index (Phi) is 4.13. The molecule has 5 nitrogen and oxygen atoms in total. The number of nitrogens with zero attached hydrogens (tertiary/aromatic N) is 2. The third-order valence-corrected chi connectivity index (χ3v) is 3.42. The number of alkyl carbamates (subject to hydrolysis) is 1. The van der Waals surface area contributed by atoms with Gasteiger partial charge in [0.15, 0.2) is 0 Å². The SMILES string of the molecule is COC(=O)NC1CCN(c2ccc(C#N)cc2Cl)C1. The van der Waals surface area contributed by atoms with Crippen molar-refractivity contribution >= 4 is 23.4 Å². The lowest BCUT2D eigenvalue weighted by atomic mass is 10.2. The minimum atomic E-state index is -0.419. The average molecular weight is 280 g/mol. The predicted molar refractivity (Wildman–Crippen MR) is 72.3 cm³/mol. The Morgan fingerprint density at radius 3 is 3.05 bits per heavy atom. The molecule has 0 aromatic heterocycles. The quantitative estimate of drug-likeness (QED) is 0.901. The van der Waals surface area contributed by atoms with Crippen LogP contribution in [0.5, 0.6) is 0 Å². The van der Waals surface area contributed by atoms with Crippen molar-refractivity contribution in [3.8, 4) is 6.07 Å². The molecule has 1 aliphatic heterocycles. The Morgan fingerprint density at radius 2 is 2.42 bits per heavy atom. The number of benzene rings is 1. The Hall–Kier alpha value is -1.93. The van der Waals surface area contributed by atoms with E-state index in [1.165, 1.54) is 7.11 Å². The van der Waals surface area contributed by atoms with Gasteiger partial charge in [-0.3, -0.25) is 0 Å². The van der Waals surface area contributed by atoms with Crippen LogP contribution in [-0.4, -0.2) is 32.3 Å². The normalized spacial score (nSPS) is 17.9. The highest BCUT2D eigenvalue weighted by Crippen LogP contribution is 2.29. The monoisotopic (exact) mass is 279 g/mol. The number of carbonyl (C=O) groups excluding carboxylic acids is 1. The molecule has 0 saturated carbocycles. The van der Waals surface area contributed by atoms with E-state index < -0.39 is 6.09 Å². The third kappa shape index (κ3) is 3.09. The lowest BCUT2D eigenvalue weighted by molar-refractivity contribution is 0.167. The van der Waals surface area contributed by atoms with Crippen molar-refractivity contribution in [3.63, 3.8) is 0 Å². The lowest BCUT2D eigenvalue weighted by Crippen LogP contribution is -2.37. The number of hydrogen-bond acceptors (Lipinski definition) is 4. The van der Waals surface area contributed by atoms with Crippen LogP contribution in [0.4, 0.5) is 10.5 Å². The molecule has 0 radical (unpaired) electrons. The highest BCUT2D eigenvalue weighted by Gasteiger charge is 2.25. The molecular formula is C13H14ClN3O2. The summed E-state index contributed by atoms with van der Waals surface area (Å²) < 4.78 is 4.58. The number of nitriles is 1. The van der Waals surface area contributed by atoms with Crippen molar-refractivity contribution in [2.24, 2.45) is 0 Å². The second kappa shape index (κ2) is 5.81. The molecule has 1 aromatic rings. The van der Waals surface area contributed by atoms with Gasteiger partial charge in [-0.1, -0.05) is 11.6 Å². The van der Waals surface area contributed by atoms with Gasteiger partial charge in [0.1, 0.15) is 0 Å². The zero-order valence-electron chi connectivity index (χ0n) is 10.5. The molecule has 1 N–H and O–H groups in total. The summed E-state index contributed by atoms with van der Waals surface area (Å²) in [6, 6.07) is 7.33. The van der Waals surface area contributed by atoms with Crippen molar-refractivity contribution < 1.29 is 9.53 Å². The fourth-order valence-corrected chi connectivity index (χ4v) is 2.46. The summed E-state index contributed by atoms with van der Waals surface area (Å²) in [7, 11) is 1.35. The fraction of sp³-hybridized carbons (Fsp3) is 0.385. The zero-order valence-corrected chi connectivity index (χ0v) is 11.3. The number of carbonyl (C=O) groups is 1. The Balaban J connectivity index is 2.05. The van der Waals surface area contributed by atoms with Gasteiger partial charge in [-0.05, 0) is 24.6 Å². The van der Waals surface area contributed by atoms with Crippen LogP contribution in [-0.2, 0) is 4.74 Å². The number of amides is 1. The lowest BCUT2D eigenvalue weighted by Gasteiger charge is -2.20. The van der Waals surface area contributed by atoms with E-state index in [0.29, 0.717) is 17.1 Å². The van der Waals surface area contributed by atoms with Crippen molar-refractivity contribution in [1.82, 2.24) is 5.32 Å². The molecule has 2 rings (SSSR count). The van der Waals surface area contributed by atoms with Crippen molar-refractivity contribution in [2.45, 2.75) is 12.5 Å². The first-order valence-corrected chi connectivity index (χ1v) is 6.31. The maximum Gasteiger partial charge on any atom is 0.407 e. The van der Waals surface area contributed by atoms with E-state index in [0.717, 1.165) is 18.7 Å². The van der Waals surface area contributed by atoms with Gasteiger partial charge in [0, 0.05) is 13.1 Å². The minimum Gasteiger partial charge on any atom is -0.453 e. The topological polar surface area (TPSA) is 65.4 Å². The Labute approximate surface area is 116 Å². The van der Waals surface area contributed by atoms with Crippen LogP contribution in [0.3, 0.4) is 0 Å². The van der Waals surface area contributed by atoms with Crippen LogP contribution in [0, 0.1) is 11.3 Å². The second-order valence-corrected chi connectivity index (χ2v) is 4.75. The Bertz CT molecular complexity index is 527. The van der Waals surface area contributed by atoms with Gasteiger partial charge in [0.25, 0.3) is 0 Å². The zero-order chi connectivity index (χ0) is 13.8. The van der Waals surface area contributed by atoms with E-state index in [1.807, 2.05) is 6.07 Å². The summed E-state index contributed by atoms with van der Waals surface area (Å²) in [4.78, 5) is 13.2. The van der Waals surface area contributed by atoms with Gasteiger partial charge in [0.2, 0.25) is 0 Å². The fourth-order valence-electron chi connectivity index (χ4n) is 2.16. The van der Waals surface area contributed by atoms with Gasteiger partial charge in [-0.15, -0.1) is 0 Å². The first-order chi connectivity index (χ1) is 9.13.